The smallest absolute Gasteiger partial charge is 0.354 e. The highest BCUT2D eigenvalue weighted by atomic mass is 32.2. The largest absolute Gasteiger partial charge is 0.477 e. The molecule has 2 heterocycles. The number of hydrogen-bond donors (Lipinski definition) is 1. The van der Waals surface area contributed by atoms with Crippen LogP contribution in [0.2, 0.25) is 0 Å². The zero-order valence-corrected chi connectivity index (χ0v) is 11.4. The number of piperidine rings is 1. The van der Waals surface area contributed by atoms with Gasteiger partial charge in [0.1, 0.15) is 5.82 Å². The van der Waals surface area contributed by atoms with E-state index in [1.807, 2.05) is 4.90 Å². The number of nitrogens with zero attached hydrogens (tertiary/aromatic N) is 2. The third-order valence-corrected chi connectivity index (χ3v) is 4.86. The van der Waals surface area contributed by atoms with Gasteiger partial charge in [0, 0.05) is 19.3 Å². The average Bonchev–Trinajstić information content (AvgIpc) is 2.38. The molecule has 2 rings (SSSR count). The Morgan fingerprint density at radius 1 is 1.47 bits per heavy atom. The number of carbonyl (C=O) groups is 1. The number of rotatable bonds is 3. The SMILES string of the molecule is CS(=O)(=O)C1CCCN(c2cccc(C(=O)O)n2)C1. The lowest BCUT2D eigenvalue weighted by atomic mass is 10.1. The molecule has 0 aromatic carbocycles. The topological polar surface area (TPSA) is 87.6 Å². The zero-order valence-electron chi connectivity index (χ0n) is 10.6. The molecule has 104 valence electrons. The lowest BCUT2D eigenvalue weighted by Crippen LogP contribution is -2.42. The van der Waals surface area contributed by atoms with E-state index >= 15 is 0 Å². The van der Waals surface area contributed by atoms with E-state index in [0.717, 1.165) is 6.42 Å². The molecule has 0 radical (unpaired) electrons. The Kier molecular flexibility index (Phi) is 3.75. The summed E-state index contributed by atoms with van der Waals surface area (Å²) in [4.78, 5) is 16.8. The lowest BCUT2D eigenvalue weighted by molar-refractivity contribution is 0.0690. The van der Waals surface area contributed by atoms with Crippen molar-refractivity contribution in [1.82, 2.24) is 4.98 Å². The van der Waals surface area contributed by atoms with Crippen LogP contribution in [0, 0.1) is 0 Å². The molecule has 1 aromatic rings. The van der Waals surface area contributed by atoms with E-state index in [1.165, 1.54) is 12.3 Å². The molecule has 0 bridgehead atoms. The zero-order chi connectivity index (χ0) is 14.0. The van der Waals surface area contributed by atoms with Crippen molar-refractivity contribution in [2.45, 2.75) is 18.1 Å². The molecule has 0 saturated carbocycles. The summed E-state index contributed by atoms with van der Waals surface area (Å²) in [5.74, 6) is -0.563. The van der Waals surface area contributed by atoms with E-state index in [-0.39, 0.29) is 5.69 Å². The minimum absolute atomic E-state index is 0.0287. The van der Waals surface area contributed by atoms with Crippen LogP contribution in [0.25, 0.3) is 0 Å². The Hall–Kier alpha value is -1.63. The van der Waals surface area contributed by atoms with Gasteiger partial charge in [-0.2, -0.15) is 0 Å². The standard InChI is InChI=1S/C12H16N2O4S/c1-19(17,18)9-4-3-7-14(8-9)11-6-2-5-10(13-11)12(15)16/h2,5-6,9H,3-4,7-8H2,1H3,(H,15,16). The van der Waals surface area contributed by atoms with Crippen LogP contribution < -0.4 is 4.90 Å². The molecule has 0 spiro atoms. The minimum Gasteiger partial charge on any atom is -0.477 e. The van der Waals surface area contributed by atoms with E-state index in [4.69, 9.17) is 5.11 Å². The minimum atomic E-state index is -3.08. The maximum absolute atomic E-state index is 11.6. The Bertz CT molecular complexity index is 585. The first kappa shape index (κ1) is 13.8. The average molecular weight is 284 g/mol. The highest BCUT2D eigenvalue weighted by Gasteiger charge is 2.28. The number of aromatic nitrogens is 1. The number of pyridine rings is 1. The third-order valence-electron chi connectivity index (χ3n) is 3.26. The summed E-state index contributed by atoms with van der Waals surface area (Å²) in [5, 5.41) is 8.51. The predicted octanol–water partition coefficient (Wildman–Crippen LogP) is 0.793. The van der Waals surface area contributed by atoms with Crippen LogP contribution in [0.1, 0.15) is 23.3 Å². The quantitative estimate of drug-likeness (QED) is 0.883. The number of carboxylic acids is 1. The summed E-state index contributed by atoms with van der Waals surface area (Å²) in [6.07, 6.45) is 2.65. The molecule has 1 aromatic heterocycles. The van der Waals surface area contributed by atoms with Crippen LogP contribution in [0.4, 0.5) is 5.82 Å². The summed E-state index contributed by atoms with van der Waals surface area (Å²) in [7, 11) is -3.08. The lowest BCUT2D eigenvalue weighted by Gasteiger charge is -2.32. The summed E-state index contributed by atoms with van der Waals surface area (Å²) >= 11 is 0. The molecule has 1 aliphatic rings. The third kappa shape index (κ3) is 3.23. The van der Waals surface area contributed by atoms with Crippen LogP contribution >= 0.6 is 0 Å². The van der Waals surface area contributed by atoms with Crippen LogP contribution in [0.5, 0.6) is 0 Å². The molecule has 19 heavy (non-hydrogen) atoms. The van der Waals surface area contributed by atoms with E-state index in [1.54, 1.807) is 12.1 Å². The maximum Gasteiger partial charge on any atom is 0.354 e. The van der Waals surface area contributed by atoms with Gasteiger partial charge in [0.2, 0.25) is 0 Å². The van der Waals surface area contributed by atoms with Gasteiger partial charge in [-0.15, -0.1) is 0 Å². The van der Waals surface area contributed by atoms with Crippen molar-refractivity contribution < 1.29 is 18.3 Å². The van der Waals surface area contributed by atoms with Gasteiger partial charge in [-0.25, -0.2) is 18.2 Å². The summed E-state index contributed by atoms with van der Waals surface area (Å²) < 4.78 is 23.2. The van der Waals surface area contributed by atoms with Crippen LogP contribution in [-0.2, 0) is 9.84 Å². The van der Waals surface area contributed by atoms with Crippen molar-refractivity contribution in [3.63, 3.8) is 0 Å². The van der Waals surface area contributed by atoms with Crippen LogP contribution in [0.3, 0.4) is 0 Å². The summed E-state index contributed by atoms with van der Waals surface area (Å²) in [5.41, 5.74) is -0.0287. The summed E-state index contributed by atoms with van der Waals surface area (Å²) in [6.45, 7) is 1.07. The molecule has 0 aliphatic carbocycles. The van der Waals surface area contributed by atoms with E-state index in [2.05, 4.69) is 4.98 Å². The van der Waals surface area contributed by atoms with E-state index in [9.17, 15) is 13.2 Å². The molecule has 1 N–H and O–H groups in total. The highest BCUT2D eigenvalue weighted by Crippen LogP contribution is 2.21. The van der Waals surface area contributed by atoms with Crippen molar-refractivity contribution >= 4 is 21.6 Å². The molecule has 1 saturated heterocycles. The number of hydrogen-bond acceptors (Lipinski definition) is 5. The fraction of sp³-hybridized carbons (Fsp3) is 0.500. The molecule has 1 unspecified atom stereocenters. The fourth-order valence-corrected chi connectivity index (χ4v) is 3.26. The van der Waals surface area contributed by atoms with Crippen molar-refractivity contribution in [3.8, 4) is 0 Å². The van der Waals surface area contributed by atoms with Gasteiger partial charge in [-0.3, -0.25) is 0 Å². The first-order chi connectivity index (χ1) is 8.88. The van der Waals surface area contributed by atoms with Crippen LogP contribution in [-0.4, -0.2) is 49.1 Å². The second kappa shape index (κ2) is 5.16. The summed E-state index contributed by atoms with van der Waals surface area (Å²) in [6, 6.07) is 4.75. The Morgan fingerprint density at radius 3 is 2.84 bits per heavy atom. The first-order valence-corrected chi connectivity index (χ1v) is 7.97. The van der Waals surface area contributed by atoms with Crippen LogP contribution in [0.15, 0.2) is 18.2 Å². The van der Waals surface area contributed by atoms with Gasteiger partial charge in [-0.05, 0) is 25.0 Å². The normalized spacial score (nSPS) is 20.3. The fourth-order valence-electron chi connectivity index (χ4n) is 2.21. The molecule has 1 atom stereocenters. The number of aromatic carboxylic acids is 1. The monoisotopic (exact) mass is 284 g/mol. The molecular weight excluding hydrogens is 268 g/mol. The van der Waals surface area contributed by atoms with Crippen molar-refractivity contribution in [1.29, 1.82) is 0 Å². The van der Waals surface area contributed by atoms with Gasteiger partial charge < -0.3 is 10.0 Å². The molecule has 6 nitrogen and oxygen atoms in total. The van der Waals surface area contributed by atoms with Crippen molar-refractivity contribution in [2.75, 3.05) is 24.2 Å². The van der Waals surface area contributed by atoms with Gasteiger partial charge in [0.05, 0.1) is 5.25 Å². The second-order valence-corrected chi connectivity index (χ2v) is 7.05. The van der Waals surface area contributed by atoms with Crippen molar-refractivity contribution in [3.05, 3.63) is 23.9 Å². The van der Waals surface area contributed by atoms with Gasteiger partial charge in [0.25, 0.3) is 0 Å². The number of sulfone groups is 1. The first-order valence-electron chi connectivity index (χ1n) is 6.02. The number of anilines is 1. The van der Waals surface area contributed by atoms with Gasteiger partial charge in [0.15, 0.2) is 15.5 Å². The molecule has 1 fully saturated rings. The number of carboxylic acid groups (broad SMARTS) is 1. The Morgan fingerprint density at radius 2 is 2.21 bits per heavy atom. The van der Waals surface area contributed by atoms with Gasteiger partial charge >= 0.3 is 5.97 Å². The van der Waals surface area contributed by atoms with E-state index < -0.39 is 21.1 Å². The molecular formula is C12H16N2O4S. The van der Waals surface area contributed by atoms with Crippen molar-refractivity contribution in [2.24, 2.45) is 0 Å². The molecule has 7 heteroatoms. The van der Waals surface area contributed by atoms with E-state index in [0.29, 0.717) is 25.3 Å². The Labute approximate surface area is 112 Å². The molecule has 1 aliphatic heterocycles. The van der Waals surface area contributed by atoms with Gasteiger partial charge in [-0.1, -0.05) is 6.07 Å². The maximum atomic E-state index is 11.6. The molecule has 0 amide bonds. The predicted molar refractivity (Wildman–Crippen MR) is 71.3 cm³/mol. The Balaban J connectivity index is 2.22. The highest BCUT2D eigenvalue weighted by molar-refractivity contribution is 7.91. The second-order valence-electron chi connectivity index (χ2n) is 4.73.